The number of anilines is 1. The van der Waals surface area contributed by atoms with Gasteiger partial charge in [0.05, 0.1) is 25.4 Å². The van der Waals surface area contributed by atoms with Crippen LogP contribution in [0.5, 0.6) is 0 Å². The highest BCUT2D eigenvalue weighted by atomic mass is 16.7. The minimum Gasteiger partial charge on any atom is -0.395 e. The quantitative estimate of drug-likeness (QED) is 0.131. The maximum absolute atomic E-state index is 12.4. The Morgan fingerprint density at radius 2 is 1.56 bits per heavy atom. The Hall–Kier alpha value is -2.86. The third-order valence-corrected chi connectivity index (χ3v) is 7.91. The molecule has 2 aliphatic heterocycles. The van der Waals surface area contributed by atoms with E-state index in [9.17, 15) is 19.8 Å². The van der Waals surface area contributed by atoms with E-state index in [0.29, 0.717) is 24.9 Å². The number of aliphatic hydroxyl groups excluding tert-OH is 2. The first kappa shape index (κ1) is 31.1. The molecule has 0 radical (unpaired) electrons. The molecule has 2 aromatic carbocycles. The summed E-state index contributed by atoms with van der Waals surface area (Å²) in [4.78, 5) is 25.7. The second-order valence-corrected chi connectivity index (χ2v) is 10.9. The van der Waals surface area contributed by atoms with Crippen molar-refractivity contribution in [3.05, 3.63) is 65.2 Å². The molecule has 2 saturated heterocycles. The van der Waals surface area contributed by atoms with Crippen LogP contribution in [0.15, 0.2) is 48.5 Å². The fraction of sp³-hybridized carbons (Fsp3) is 0.548. The zero-order valence-corrected chi connectivity index (χ0v) is 23.5. The molecule has 0 unspecified atom stereocenters. The summed E-state index contributed by atoms with van der Waals surface area (Å²) in [6.07, 6.45) is 5.64. The Labute approximate surface area is 241 Å². The van der Waals surface area contributed by atoms with Gasteiger partial charge >= 0.3 is 0 Å². The van der Waals surface area contributed by atoms with Gasteiger partial charge in [0.15, 0.2) is 6.29 Å². The van der Waals surface area contributed by atoms with E-state index >= 15 is 0 Å². The Kier molecular flexibility index (Phi) is 12.1. The molecule has 4 atom stereocenters. The Balaban J connectivity index is 1.34. The van der Waals surface area contributed by atoms with Crippen molar-refractivity contribution in [1.29, 1.82) is 0 Å². The normalized spacial score (nSPS) is 22.9. The van der Waals surface area contributed by atoms with Crippen LogP contribution in [0.25, 0.3) is 0 Å². The number of amides is 2. The standard InChI is InChI=1S/C31H43N3O7/c35-20-22-9-11-23(12-10-22)28-18-27(19-34-17-5-6-26(34)21-36)40-31(41-28)24-13-15-25(16-14-24)32-29(37)7-3-1-2-4-8-30(38)33-39/h9-16,26-28,31,35-36,39H,1-8,17-21H2,(H,32,37)(H,33,38)/t26-,27+,28-,31-/m0/s1. The first-order chi connectivity index (χ1) is 20.0. The van der Waals surface area contributed by atoms with Crippen molar-refractivity contribution in [2.24, 2.45) is 0 Å². The number of rotatable bonds is 14. The molecule has 2 aromatic rings. The van der Waals surface area contributed by atoms with Crippen LogP contribution in [-0.2, 0) is 25.7 Å². The predicted molar refractivity (Wildman–Crippen MR) is 153 cm³/mol. The minimum atomic E-state index is -0.580. The second kappa shape index (κ2) is 16.0. The molecule has 2 aliphatic rings. The van der Waals surface area contributed by atoms with E-state index in [1.54, 1.807) is 5.48 Å². The number of aliphatic hydroxyl groups is 2. The lowest BCUT2D eigenvalue weighted by Crippen LogP contribution is -2.42. The van der Waals surface area contributed by atoms with Gasteiger partial charge in [0, 0.05) is 43.1 Å². The summed E-state index contributed by atoms with van der Waals surface area (Å²) in [5, 5.41) is 30.7. The van der Waals surface area contributed by atoms with Gasteiger partial charge in [-0.15, -0.1) is 0 Å². The van der Waals surface area contributed by atoms with Crippen molar-refractivity contribution in [2.45, 2.75) is 88.9 Å². The van der Waals surface area contributed by atoms with Crippen LogP contribution in [0.3, 0.4) is 0 Å². The molecule has 10 heteroatoms. The number of carbonyl (C=O) groups is 2. The second-order valence-electron chi connectivity index (χ2n) is 10.9. The minimum absolute atomic E-state index is 0.00787. The zero-order valence-electron chi connectivity index (χ0n) is 23.5. The van der Waals surface area contributed by atoms with Crippen LogP contribution in [0.1, 0.15) is 86.9 Å². The van der Waals surface area contributed by atoms with E-state index in [2.05, 4.69) is 10.2 Å². The van der Waals surface area contributed by atoms with Gasteiger partial charge in [-0.3, -0.25) is 19.7 Å². The molecule has 2 fully saturated rings. The third-order valence-electron chi connectivity index (χ3n) is 7.91. The van der Waals surface area contributed by atoms with Crippen LogP contribution in [0.4, 0.5) is 5.69 Å². The Morgan fingerprint density at radius 3 is 2.22 bits per heavy atom. The van der Waals surface area contributed by atoms with E-state index in [-0.39, 0.29) is 49.7 Å². The lowest BCUT2D eigenvalue weighted by molar-refractivity contribution is -0.253. The van der Waals surface area contributed by atoms with Gasteiger partial charge in [-0.05, 0) is 55.5 Å². The first-order valence-electron chi connectivity index (χ1n) is 14.7. The highest BCUT2D eigenvalue weighted by Gasteiger charge is 2.35. The van der Waals surface area contributed by atoms with Crippen molar-refractivity contribution in [3.63, 3.8) is 0 Å². The summed E-state index contributed by atoms with van der Waals surface area (Å²) in [6.45, 7) is 1.81. The number of carbonyl (C=O) groups excluding carboxylic acids is 2. The van der Waals surface area contributed by atoms with Gasteiger partial charge in [0.25, 0.3) is 0 Å². The average Bonchev–Trinajstić information content (AvgIpc) is 3.46. The highest BCUT2D eigenvalue weighted by molar-refractivity contribution is 5.90. The number of nitrogens with one attached hydrogen (secondary N) is 2. The summed E-state index contributed by atoms with van der Waals surface area (Å²) in [7, 11) is 0. The molecule has 4 rings (SSSR count). The van der Waals surface area contributed by atoms with Crippen molar-refractivity contribution < 1.29 is 34.5 Å². The molecule has 224 valence electrons. The number of ether oxygens (including phenoxy) is 2. The summed E-state index contributed by atoms with van der Waals surface area (Å²) in [6, 6.07) is 15.5. The van der Waals surface area contributed by atoms with Crippen molar-refractivity contribution in [3.8, 4) is 0 Å². The van der Waals surface area contributed by atoms with Crippen LogP contribution in [0, 0.1) is 0 Å². The Bertz CT molecular complexity index is 1100. The lowest BCUT2D eigenvalue weighted by atomic mass is 9.99. The number of hydrogen-bond acceptors (Lipinski definition) is 8. The van der Waals surface area contributed by atoms with Crippen molar-refractivity contribution >= 4 is 17.5 Å². The summed E-state index contributed by atoms with van der Waals surface area (Å²) in [5.74, 6) is -0.452. The zero-order chi connectivity index (χ0) is 29.0. The van der Waals surface area contributed by atoms with Gasteiger partial charge in [-0.2, -0.15) is 0 Å². The first-order valence-corrected chi connectivity index (χ1v) is 14.7. The SMILES string of the molecule is O=C(CCCCCCC(=O)Nc1ccc([C@H]2O[C@@H](CN3CCC[C@H]3CO)C[C@@H](c3ccc(CO)cc3)O2)cc1)NO. The summed E-state index contributed by atoms with van der Waals surface area (Å²) in [5.41, 5.74) is 5.06. The molecule has 0 spiro atoms. The summed E-state index contributed by atoms with van der Waals surface area (Å²) >= 11 is 0. The van der Waals surface area contributed by atoms with Crippen LogP contribution >= 0.6 is 0 Å². The molecular formula is C31H43N3O7. The molecule has 2 heterocycles. The number of nitrogens with zero attached hydrogens (tertiary/aromatic N) is 1. The fourth-order valence-electron chi connectivity index (χ4n) is 5.56. The smallest absolute Gasteiger partial charge is 0.243 e. The van der Waals surface area contributed by atoms with Crippen molar-refractivity contribution in [2.75, 3.05) is 25.0 Å². The van der Waals surface area contributed by atoms with E-state index in [1.807, 2.05) is 48.5 Å². The van der Waals surface area contributed by atoms with Gasteiger partial charge in [-0.25, -0.2) is 5.48 Å². The number of benzene rings is 2. The maximum atomic E-state index is 12.4. The molecule has 0 aliphatic carbocycles. The van der Waals surface area contributed by atoms with Gasteiger partial charge < -0.3 is 25.0 Å². The highest BCUT2D eigenvalue weighted by Crippen LogP contribution is 2.39. The molecule has 0 saturated carbocycles. The summed E-state index contributed by atoms with van der Waals surface area (Å²) < 4.78 is 12.9. The van der Waals surface area contributed by atoms with E-state index < -0.39 is 6.29 Å². The number of unbranched alkanes of at least 4 members (excludes halogenated alkanes) is 3. The van der Waals surface area contributed by atoms with Gasteiger partial charge in [0.1, 0.15) is 0 Å². The molecule has 41 heavy (non-hydrogen) atoms. The van der Waals surface area contributed by atoms with Crippen molar-refractivity contribution in [1.82, 2.24) is 10.4 Å². The molecule has 5 N–H and O–H groups in total. The van der Waals surface area contributed by atoms with Crippen LogP contribution in [0.2, 0.25) is 0 Å². The number of likely N-dealkylation sites (tertiary alicyclic amines) is 1. The topological polar surface area (TPSA) is 141 Å². The van der Waals surface area contributed by atoms with E-state index in [1.165, 1.54) is 0 Å². The molecule has 0 bridgehead atoms. The Morgan fingerprint density at radius 1 is 0.878 bits per heavy atom. The number of hydrogen-bond donors (Lipinski definition) is 5. The van der Waals surface area contributed by atoms with E-state index in [0.717, 1.165) is 61.9 Å². The van der Waals surface area contributed by atoms with Crippen LogP contribution in [-0.4, -0.2) is 64.0 Å². The fourth-order valence-corrected chi connectivity index (χ4v) is 5.56. The monoisotopic (exact) mass is 569 g/mol. The molecule has 0 aromatic heterocycles. The lowest BCUT2D eigenvalue weighted by Gasteiger charge is -2.38. The molecular weight excluding hydrogens is 526 g/mol. The van der Waals surface area contributed by atoms with Crippen LogP contribution < -0.4 is 10.8 Å². The molecule has 10 nitrogen and oxygen atoms in total. The third kappa shape index (κ3) is 9.32. The van der Waals surface area contributed by atoms with Gasteiger partial charge in [-0.1, -0.05) is 49.2 Å². The van der Waals surface area contributed by atoms with Gasteiger partial charge in [0.2, 0.25) is 11.8 Å². The average molecular weight is 570 g/mol. The predicted octanol–water partition coefficient (Wildman–Crippen LogP) is 3.97. The largest absolute Gasteiger partial charge is 0.395 e. The molecule has 2 amide bonds. The maximum Gasteiger partial charge on any atom is 0.243 e. The number of hydroxylamine groups is 1. The van der Waals surface area contributed by atoms with E-state index in [4.69, 9.17) is 14.7 Å².